The van der Waals surface area contributed by atoms with E-state index in [1.807, 2.05) is 67.6 Å². The molecule has 3 aromatic carbocycles. The summed E-state index contributed by atoms with van der Waals surface area (Å²) in [5, 5.41) is 13.2. The van der Waals surface area contributed by atoms with Gasteiger partial charge in [-0.15, -0.1) is 0 Å². The van der Waals surface area contributed by atoms with Gasteiger partial charge in [0, 0.05) is 17.3 Å². The van der Waals surface area contributed by atoms with Crippen LogP contribution in [0.5, 0.6) is 0 Å². The summed E-state index contributed by atoms with van der Waals surface area (Å²) in [4.78, 5) is 28.0. The molecule has 1 fully saturated rings. The number of carbonyl (C=O) groups is 2. The van der Waals surface area contributed by atoms with E-state index >= 15 is 0 Å². The number of benzene rings is 3. The molecule has 0 spiro atoms. The van der Waals surface area contributed by atoms with Crippen LogP contribution in [-0.2, 0) is 22.4 Å². The lowest BCUT2D eigenvalue weighted by Gasteiger charge is -2.19. The maximum atomic E-state index is 13.5. The van der Waals surface area contributed by atoms with E-state index in [4.69, 9.17) is 11.6 Å². The number of nitrogens with zero attached hydrogens (tertiary/aromatic N) is 2. The predicted molar refractivity (Wildman–Crippen MR) is 141 cm³/mol. The Hall–Kier alpha value is -3.53. The van der Waals surface area contributed by atoms with Crippen LogP contribution in [0.1, 0.15) is 16.7 Å². The molecule has 1 atom stereocenters. The second-order valence-corrected chi connectivity index (χ2v) is 9.86. The Morgan fingerprint density at radius 2 is 1.77 bits per heavy atom. The Labute approximate surface area is 214 Å². The normalized spacial score (nSPS) is 16.7. The zero-order chi connectivity index (χ0) is 24.8. The van der Waals surface area contributed by atoms with E-state index in [9.17, 15) is 14.9 Å². The average molecular weight is 502 g/mol. The highest BCUT2D eigenvalue weighted by molar-refractivity contribution is 8.05. The van der Waals surface area contributed by atoms with Gasteiger partial charge in [0.05, 0.1) is 5.25 Å². The number of aryl methyl sites for hydroxylation is 1. The summed E-state index contributed by atoms with van der Waals surface area (Å²) in [6.07, 6.45) is 1.14. The third kappa shape index (κ3) is 5.94. The van der Waals surface area contributed by atoms with Crippen molar-refractivity contribution in [1.29, 1.82) is 5.26 Å². The number of carbonyl (C=O) groups excluding carboxylic acids is 2. The molecule has 1 aliphatic rings. The molecular weight excluding hydrogens is 478 g/mol. The monoisotopic (exact) mass is 501 g/mol. The van der Waals surface area contributed by atoms with Crippen LogP contribution in [0.15, 0.2) is 89.5 Å². The third-order valence-electron chi connectivity index (χ3n) is 5.64. The first kappa shape index (κ1) is 24.6. The summed E-state index contributed by atoms with van der Waals surface area (Å²) in [6.45, 7) is 2.39. The van der Waals surface area contributed by atoms with Crippen molar-refractivity contribution >= 4 is 40.9 Å². The van der Waals surface area contributed by atoms with E-state index in [0.29, 0.717) is 35.1 Å². The Kier molecular flexibility index (Phi) is 7.91. The summed E-state index contributed by atoms with van der Waals surface area (Å²) in [6, 6.07) is 26.7. The fourth-order valence-corrected chi connectivity index (χ4v) is 5.35. The lowest BCUT2D eigenvalue weighted by Crippen LogP contribution is -2.32. The zero-order valence-corrected chi connectivity index (χ0v) is 20.8. The van der Waals surface area contributed by atoms with Crippen molar-refractivity contribution in [2.75, 3.05) is 11.4 Å². The fourth-order valence-electron chi connectivity index (χ4n) is 3.92. The molecule has 176 valence electrons. The maximum Gasteiger partial charge on any atom is 0.264 e. The molecule has 1 heterocycles. The molecule has 0 aliphatic carbocycles. The van der Waals surface area contributed by atoms with Crippen LogP contribution in [0.2, 0.25) is 5.02 Å². The number of hydrogen-bond acceptors (Lipinski definition) is 4. The number of thioether (sulfide) groups is 1. The highest BCUT2D eigenvalue weighted by Gasteiger charge is 2.40. The van der Waals surface area contributed by atoms with Gasteiger partial charge >= 0.3 is 0 Å². The summed E-state index contributed by atoms with van der Waals surface area (Å²) in [5.74, 6) is -0.660. The molecule has 1 aliphatic heterocycles. The molecular formula is C28H24ClN3O2S. The van der Waals surface area contributed by atoms with E-state index in [0.717, 1.165) is 16.7 Å². The Morgan fingerprint density at radius 1 is 1.06 bits per heavy atom. The molecule has 1 N–H and O–H groups in total. The molecule has 0 saturated carbocycles. The minimum absolute atomic E-state index is 0.0712. The molecule has 2 amide bonds. The minimum Gasteiger partial charge on any atom is -0.351 e. The van der Waals surface area contributed by atoms with Crippen LogP contribution in [0.4, 0.5) is 5.69 Å². The highest BCUT2D eigenvalue weighted by atomic mass is 35.5. The quantitative estimate of drug-likeness (QED) is 0.346. The van der Waals surface area contributed by atoms with E-state index in [2.05, 4.69) is 5.32 Å². The third-order valence-corrected chi connectivity index (χ3v) is 7.15. The van der Waals surface area contributed by atoms with E-state index < -0.39 is 11.2 Å². The summed E-state index contributed by atoms with van der Waals surface area (Å²) in [7, 11) is 0. The molecule has 35 heavy (non-hydrogen) atoms. The average Bonchev–Trinajstić information content (AvgIpc) is 3.16. The SMILES string of the molecule is Cc1cccc(C[C@@H]2S/C(=C(/C#N)C(=O)NCCc3ccccc3)N(c3ccc(Cl)cc3)C2=O)c1. The van der Waals surface area contributed by atoms with Gasteiger partial charge in [-0.3, -0.25) is 14.5 Å². The van der Waals surface area contributed by atoms with Gasteiger partial charge in [-0.2, -0.15) is 5.26 Å². The van der Waals surface area contributed by atoms with Crippen molar-refractivity contribution < 1.29 is 9.59 Å². The molecule has 1 saturated heterocycles. The van der Waals surface area contributed by atoms with Crippen LogP contribution >= 0.6 is 23.4 Å². The molecule has 0 unspecified atom stereocenters. The molecule has 0 bridgehead atoms. The lowest BCUT2D eigenvalue weighted by molar-refractivity contribution is -0.117. The minimum atomic E-state index is -0.492. The molecule has 0 aromatic heterocycles. The number of anilines is 1. The van der Waals surface area contributed by atoms with Gasteiger partial charge in [-0.25, -0.2) is 0 Å². The van der Waals surface area contributed by atoms with Crippen molar-refractivity contribution in [2.24, 2.45) is 0 Å². The smallest absolute Gasteiger partial charge is 0.264 e. The van der Waals surface area contributed by atoms with Crippen LogP contribution in [-0.4, -0.2) is 23.6 Å². The first-order chi connectivity index (χ1) is 17.0. The van der Waals surface area contributed by atoms with Gasteiger partial charge in [0.15, 0.2) is 0 Å². The first-order valence-electron chi connectivity index (χ1n) is 11.2. The van der Waals surface area contributed by atoms with Crippen LogP contribution < -0.4 is 10.2 Å². The maximum absolute atomic E-state index is 13.5. The second kappa shape index (κ2) is 11.3. The van der Waals surface area contributed by atoms with Gasteiger partial charge in [0.1, 0.15) is 16.7 Å². The number of halogens is 1. The van der Waals surface area contributed by atoms with Crippen LogP contribution in [0.25, 0.3) is 0 Å². The summed E-state index contributed by atoms with van der Waals surface area (Å²) >= 11 is 7.31. The van der Waals surface area contributed by atoms with Crippen LogP contribution in [0, 0.1) is 18.3 Å². The van der Waals surface area contributed by atoms with Gasteiger partial charge < -0.3 is 5.32 Å². The number of nitriles is 1. The standard InChI is InChI=1S/C28H24ClN3O2S/c1-19-6-5-9-21(16-19)17-25-27(34)32(23-12-10-22(29)11-13-23)28(35-25)24(18-30)26(33)31-15-14-20-7-3-2-4-8-20/h2-13,16,25H,14-15,17H2,1H3,(H,31,33)/b28-24-/t25-/m0/s1. The first-order valence-corrected chi connectivity index (χ1v) is 12.5. The molecule has 3 aromatic rings. The topological polar surface area (TPSA) is 73.2 Å². The Morgan fingerprint density at radius 3 is 2.46 bits per heavy atom. The highest BCUT2D eigenvalue weighted by Crippen LogP contribution is 2.42. The zero-order valence-electron chi connectivity index (χ0n) is 19.2. The summed E-state index contributed by atoms with van der Waals surface area (Å²) in [5.41, 5.74) is 3.72. The van der Waals surface area contributed by atoms with Crippen molar-refractivity contribution in [3.8, 4) is 6.07 Å². The number of hydrogen-bond donors (Lipinski definition) is 1. The van der Waals surface area contributed by atoms with Gasteiger partial charge in [-0.1, -0.05) is 83.5 Å². The van der Waals surface area contributed by atoms with Crippen molar-refractivity contribution in [3.05, 3.63) is 111 Å². The van der Waals surface area contributed by atoms with E-state index in [1.54, 1.807) is 24.3 Å². The molecule has 7 heteroatoms. The van der Waals surface area contributed by atoms with Crippen LogP contribution in [0.3, 0.4) is 0 Å². The molecule has 5 nitrogen and oxygen atoms in total. The number of rotatable bonds is 7. The Bertz CT molecular complexity index is 1300. The van der Waals surface area contributed by atoms with Crippen molar-refractivity contribution in [2.45, 2.75) is 25.0 Å². The predicted octanol–water partition coefficient (Wildman–Crippen LogP) is 5.43. The van der Waals surface area contributed by atoms with Gasteiger partial charge in [0.25, 0.3) is 5.91 Å². The number of nitrogens with one attached hydrogen (secondary N) is 1. The largest absolute Gasteiger partial charge is 0.351 e. The fraction of sp³-hybridized carbons (Fsp3) is 0.179. The van der Waals surface area contributed by atoms with E-state index in [1.165, 1.54) is 16.7 Å². The molecule has 0 radical (unpaired) electrons. The van der Waals surface area contributed by atoms with Crippen molar-refractivity contribution in [1.82, 2.24) is 5.32 Å². The van der Waals surface area contributed by atoms with Gasteiger partial charge in [0.2, 0.25) is 5.91 Å². The Balaban J connectivity index is 1.62. The summed E-state index contributed by atoms with van der Waals surface area (Å²) < 4.78 is 0. The molecule has 4 rings (SSSR count). The van der Waals surface area contributed by atoms with Crippen molar-refractivity contribution in [3.63, 3.8) is 0 Å². The second-order valence-electron chi connectivity index (χ2n) is 8.23. The number of amides is 2. The van der Waals surface area contributed by atoms with Gasteiger partial charge in [-0.05, 0) is 55.2 Å². The lowest BCUT2D eigenvalue weighted by atomic mass is 10.1. The van der Waals surface area contributed by atoms with E-state index in [-0.39, 0.29) is 11.5 Å².